The summed E-state index contributed by atoms with van der Waals surface area (Å²) < 4.78 is 5.34. The molecule has 0 saturated heterocycles. The van der Waals surface area contributed by atoms with Crippen LogP contribution >= 0.6 is 11.3 Å². The Morgan fingerprint density at radius 3 is 2.67 bits per heavy atom. The number of oxazole rings is 1. The van der Waals surface area contributed by atoms with Crippen molar-refractivity contribution in [2.24, 2.45) is 0 Å². The highest BCUT2D eigenvalue weighted by Crippen LogP contribution is 2.27. The Morgan fingerprint density at radius 1 is 1.07 bits per heavy atom. The minimum atomic E-state index is -0.387. The molecule has 1 N–H and O–H groups in total. The summed E-state index contributed by atoms with van der Waals surface area (Å²) in [6.45, 7) is 3.98. The number of amides is 1. The number of aryl methyl sites for hydroxylation is 2. The maximum Gasteiger partial charge on any atom is 0.295 e. The minimum Gasteiger partial charge on any atom is -0.438 e. The molecule has 3 heterocycles. The maximum atomic E-state index is 12.7. The van der Waals surface area contributed by atoms with Gasteiger partial charge in [0.2, 0.25) is 5.76 Å². The normalized spacial score (nSPS) is 10.7. The van der Waals surface area contributed by atoms with Crippen LogP contribution in [0.2, 0.25) is 0 Å². The highest BCUT2D eigenvalue weighted by atomic mass is 32.1. The molecule has 0 atom stereocenters. The summed E-state index contributed by atoms with van der Waals surface area (Å²) in [5, 5.41) is 5.13. The molecule has 0 aliphatic rings. The Hall–Kier alpha value is -3.32. The first kappa shape index (κ1) is 17.1. The zero-order valence-electron chi connectivity index (χ0n) is 14.8. The van der Waals surface area contributed by atoms with Gasteiger partial charge in [-0.3, -0.25) is 15.1 Å². The third kappa shape index (κ3) is 3.50. The minimum absolute atomic E-state index is 0.157. The number of hydrogen-bond donors (Lipinski definition) is 1. The van der Waals surface area contributed by atoms with Gasteiger partial charge in [-0.15, -0.1) is 11.3 Å². The summed E-state index contributed by atoms with van der Waals surface area (Å²) in [4.78, 5) is 25.7. The Bertz CT molecular complexity index is 1100. The van der Waals surface area contributed by atoms with E-state index in [1.165, 1.54) is 17.7 Å². The lowest BCUT2D eigenvalue weighted by molar-refractivity contribution is 0.0997. The van der Waals surface area contributed by atoms with E-state index >= 15 is 0 Å². The summed E-state index contributed by atoms with van der Waals surface area (Å²) in [5.74, 6) is -0.230. The summed E-state index contributed by atoms with van der Waals surface area (Å²) in [5.41, 5.74) is 5.01. The standard InChI is InChI=1S/C20H16N4O2S/c1-12-5-7-14(8-6-12)17-18(26-11-22-17)19(25)24-20-23-15(10-27-20)16-13(2)4-3-9-21-16/h3-11H,1-2H3,(H,23,24,25). The van der Waals surface area contributed by atoms with Crippen LogP contribution in [0.15, 0.2) is 58.8 Å². The van der Waals surface area contributed by atoms with Gasteiger partial charge in [0.05, 0.1) is 5.69 Å². The average molecular weight is 376 g/mol. The van der Waals surface area contributed by atoms with Crippen molar-refractivity contribution in [1.82, 2.24) is 15.0 Å². The molecule has 0 radical (unpaired) electrons. The van der Waals surface area contributed by atoms with Crippen LogP contribution in [0.3, 0.4) is 0 Å². The van der Waals surface area contributed by atoms with Crippen molar-refractivity contribution in [3.05, 3.63) is 71.3 Å². The second kappa shape index (κ2) is 7.13. The van der Waals surface area contributed by atoms with E-state index < -0.39 is 0 Å². The molecule has 6 nitrogen and oxygen atoms in total. The van der Waals surface area contributed by atoms with E-state index in [-0.39, 0.29) is 11.7 Å². The van der Waals surface area contributed by atoms with Crippen LogP contribution in [-0.4, -0.2) is 20.9 Å². The molecule has 7 heteroatoms. The number of nitrogens with one attached hydrogen (secondary N) is 1. The van der Waals surface area contributed by atoms with E-state index in [0.717, 1.165) is 28.1 Å². The van der Waals surface area contributed by atoms with Crippen LogP contribution in [0, 0.1) is 13.8 Å². The number of anilines is 1. The number of thiazole rings is 1. The third-order valence-corrected chi connectivity index (χ3v) is 4.83. The quantitative estimate of drug-likeness (QED) is 0.557. The Morgan fingerprint density at radius 2 is 1.89 bits per heavy atom. The molecular formula is C20H16N4O2S. The monoisotopic (exact) mass is 376 g/mol. The van der Waals surface area contributed by atoms with E-state index in [9.17, 15) is 4.79 Å². The molecule has 27 heavy (non-hydrogen) atoms. The third-order valence-electron chi connectivity index (χ3n) is 4.08. The molecule has 0 unspecified atom stereocenters. The van der Waals surface area contributed by atoms with Gasteiger partial charge < -0.3 is 4.42 Å². The zero-order valence-corrected chi connectivity index (χ0v) is 15.6. The molecule has 0 saturated carbocycles. The SMILES string of the molecule is Cc1ccc(-c2ncoc2C(=O)Nc2nc(-c3ncccc3C)cs2)cc1. The highest BCUT2D eigenvalue weighted by Gasteiger charge is 2.20. The van der Waals surface area contributed by atoms with E-state index in [2.05, 4.69) is 20.3 Å². The molecular weight excluding hydrogens is 360 g/mol. The van der Waals surface area contributed by atoms with Crippen LogP contribution in [-0.2, 0) is 0 Å². The maximum absolute atomic E-state index is 12.7. The smallest absolute Gasteiger partial charge is 0.295 e. The summed E-state index contributed by atoms with van der Waals surface area (Å²) >= 11 is 1.34. The topological polar surface area (TPSA) is 80.9 Å². The van der Waals surface area contributed by atoms with Crippen molar-refractivity contribution >= 4 is 22.4 Å². The van der Waals surface area contributed by atoms with Crippen molar-refractivity contribution in [3.8, 4) is 22.6 Å². The van der Waals surface area contributed by atoms with Crippen LogP contribution in [0.25, 0.3) is 22.6 Å². The van der Waals surface area contributed by atoms with E-state index in [1.807, 2.05) is 55.6 Å². The van der Waals surface area contributed by atoms with Gasteiger partial charge in [-0.2, -0.15) is 0 Å². The predicted molar refractivity (Wildman–Crippen MR) is 105 cm³/mol. The van der Waals surface area contributed by atoms with Gasteiger partial charge in [0, 0.05) is 17.1 Å². The van der Waals surface area contributed by atoms with E-state index in [4.69, 9.17) is 4.42 Å². The molecule has 0 fully saturated rings. The molecule has 0 spiro atoms. The number of rotatable bonds is 4. The van der Waals surface area contributed by atoms with Crippen LogP contribution in [0.1, 0.15) is 21.7 Å². The number of carbonyl (C=O) groups excluding carboxylic acids is 1. The summed E-state index contributed by atoms with van der Waals surface area (Å²) in [6, 6.07) is 11.6. The van der Waals surface area contributed by atoms with Crippen molar-refractivity contribution in [2.75, 3.05) is 5.32 Å². The largest absolute Gasteiger partial charge is 0.438 e. The lowest BCUT2D eigenvalue weighted by Crippen LogP contribution is -2.12. The van der Waals surface area contributed by atoms with Crippen LogP contribution < -0.4 is 5.32 Å². The molecule has 134 valence electrons. The second-order valence-corrected chi connectivity index (χ2v) is 6.92. The predicted octanol–water partition coefficient (Wildman–Crippen LogP) is 4.73. The fourth-order valence-corrected chi connectivity index (χ4v) is 3.36. The Kier molecular flexibility index (Phi) is 4.52. The number of carbonyl (C=O) groups is 1. The second-order valence-electron chi connectivity index (χ2n) is 6.06. The lowest BCUT2D eigenvalue weighted by Gasteiger charge is -2.02. The lowest BCUT2D eigenvalue weighted by atomic mass is 10.1. The first-order valence-electron chi connectivity index (χ1n) is 8.31. The van der Waals surface area contributed by atoms with E-state index in [0.29, 0.717) is 10.8 Å². The summed E-state index contributed by atoms with van der Waals surface area (Å²) in [6.07, 6.45) is 3.00. The van der Waals surface area contributed by atoms with Crippen molar-refractivity contribution < 1.29 is 9.21 Å². The fourth-order valence-electron chi connectivity index (χ4n) is 2.67. The Labute approximate surface area is 160 Å². The van der Waals surface area contributed by atoms with Gasteiger partial charge in [0.25, 0.3) is 5.91 Å². The number of aromatic nitrogens is 3. The first-order valence-corrected chi connectivity index (χ1v) is 9.19. The number of nitrogens with zero attached hydrogens (tertiary/aromatic N) is 3. The van der Waals surface area contributed by atoms with Gasteiger partial charge in [-0.1, -0.05) is 35.9 Å². The Balaban J connectivity index is 1.57. The average Bonchev–Trinajstić information content (AvgIpc) is 3.32. The molecule has 1 amide bonds. The first-order chi connectivity index (χ1) is 13.1. The molecule has 0 aliphatic heterocycles. The molecule has 4 rings (SSSR count). The number of pyridine rings is 1. The molecule has 0 aliphatic carbocycles. The van der Waals surface area contributed by atoms with Gasteiger partial charge in [-0.25, -0.2) is 9.97 Å². The number of benzene rings is 1. The van der Waals surface area contributed by atoms with Crippen molar-refractivity contribution in [1.29, 1.82) is 0 Å². The van der Waals surface area contributed by atoms with Crippen LogP contribution in [0.4, 0.5) is 5.13 Å². The van der Waals surface area contributed by atoms with Crippen molar-refractivity contribution in [3.63, 3.8) is 0 Å². The van der Waals surface area contributed by atoms with Crippen LogP contribution in [0.5, 0.6) is 0 Å². The summed E-state index contributed by atoms with van der Waals surface area (Å²) in [7, 11) is 0. The van der Waals surface area contributed by atoms with Gasteiger partial charge in [-0.05, 0) is 25.5 Å². The molecule has 0 bridgehead atoms. The fraction of sp³-hybridized carbons (Fsp3) is 0.100. The van der Waals surface area contributed by atoms with Crippen molar-refractivity contribution in [2.45, 2.75) is 13.8 Å². The zero-order chi connectivity index (χ0) is 18.8. The van der Waals surface area contributed by atoms with Gasteiger partial charge in [0.15, 0.2) is 11.5 Å². The molecule has 4 aromatic rings. The molecule has 1 aromatic carbocycles. The molecule has 3 aromatic heterocycles. The number of hydrogen-bond acceptors (Lipinski definition) is 6. The highest BCUT2D eigenvalue weighted by molar-refractivity contribution is 7.14. The van der Waals surface area contributed by atoms with E-state index in [1.54, 1.807) is 6.20 Å². The van der Waals surface area contributed by atoms with Gasteiger partial charge >= 0.3 is 0 Å². The van der Waals surface area contributed by atoms with Gasteiger partial charge in [0.1, 0.15) is 11.4 Å².